The molecule has 0 aromatic heterocycles. The van der Waals surface area contributed by atoms with Crippen LogP contribution in [-0.2, 0) is 4.79 Å². The second kappa shape index (κ2) is 7.95. The van der Waals surface area contributed by atoms with Gasteiger partial charge in [-0.05, 0) is 34.1 Å². The van der Waals surface area contributed by atoms with Gasteiger partial charge in [-0.25, -0.2) is 0 Å². The number of carbonyl (C=O) groups excluding carboxylic acids is 1. The number of halogens is 1. The fraction of sp³-hybridized carbons (Fsp3) is 0.133. The molecule has 0 spiro atoms. The molecule has 7 heteroatoms. The highest BCUT2D eigenvalue weighted by molar-refractivity contribution is 9.10. The van der Waals surface area contributed by atoms with Gasteiger partial charge in [0.25, 0.3) is 5.69 Å². The van der Waals surface area contributed by atoms with E-state index in [0.29, 0.717) is 5.75 Å². The summed E-state index contributed by atoms with van der Waals surface area (Å²) in [6, 6.07) is 13.9. The first-order chi connectivity index (χ1) is 10.6. The molecule has 0 aliphatic heterocycles. The van der Waals surface area contributed by atoms with Gasteiger partial charge in [0.2, 0.25) is 5.91 Å². The zero-order valence-corrected chi connectivity index (χ0v) is 13.9. The van der Waals surface area contributed by atoms with E-state index in [0.717, 1.165) is 9.37 Å². The number of amides is 1. The second-order valence-corrected chi connectivity index (χ2v) is 6.34. The van der Waals surface area contributed by atoms with Gasteiger partial charge in [-0.3, -0.25) is 14.9 Å². The van der Waals surface area contributed by atoms with E-state index >= 15 is 0 Å². The van der Waals surface area contributed by atoms with Gasteiger partial charge < -0.3 is 5.32 Å². The minimum atomic E-state index is -0.508. The zero-order chi connectivity index (χ0) is 15.9. The highest BCUT2D eigenvalue weighted by Gasteiger charge is 2.14. The maximum Gasteiger partial charge on any atom is 0.292 e. The van der Waals surface area contributed by atoms with Gasteiger partial charge >= 0.3 is 0 Å². The molecule has 0 saturated carbocycles. The first-order valence-electron chi connectivity index (χ1n) is 6.48. The topological polar surface area (TPSA) is 72.2 Å². The van der Waals surface area contributed by atoms with Crippen molar-refractivity contribution in [1.29, 1.82) is 0 Å². The largest absolute Gasteiger partial charge is 0.320 e. The molecular weight excluding hydrogens is 368 g/mol. The zero-order valence-electron chi connectivity index (χ0n) is 11.5. The summed E-state index contributed by atoms with van der Waals surface area (Å²) >= 11 is 5.00. The highest BCUT2D eigenvalue weighted by Crippen LogP contribution is 2.28. The van der Waals surface area contributed by atoms with Crippen molar-refractivity contribution in [3.05, 3.63) is 63.1 Å². The fourth-order valence-electron chi connectivity index (χ4n) is 1.77. The first kappa shape index (κ1) is 16.5. The quantitative estimate of drug-likeness (QED) is 0.455. The van der Waals surface area contributed by atoms with Gasteiger partial charge in [-0.2, -0.15) is 0 Å². The Labute approximate surface area is 140 Å². The van der Waals surface area contributed by atoms with Crippen LogP contribution in [0.25, 0.3) is 0 Å². The molecule has 0 saturated heterocycles. The van der Waals surface area contributed by atoms with Crippen LogP contribution in [0.15, 0.2) is 57.9 Å². The molecule has 0 aliphatic carbocycles. The molecule has 1 N–H and O–H groups in total. The van der Waals surface area contributed by atoms with Crippen LogP contribution < -0.4 is 5.32 Å². The second-order valence-electron chi connectivity index (χ2n) is 4.35. The summed E-state index contributed by atoms with van der Waals surface area (Å²) < 4.78 is 0.985. The summed E-state index contributed by atoms with van der Waals surface area (Å²) in [4.78, 5) is 23.3. The third-order valence-corrected chi connectivity index (χ3v) is 4.83. The molecule has 22 heavy (non-hydrogen) atoms. The van der Waals surface area contributed by atoms with Gasteiger partial charge in [0, 0.05) is 27.6 Å². The van der Waals surface area contributed by atoms with Crippen LogP contribution in [0.5, 0.6) is 0 Å². The molecule has 2 aromatic rings. The number of nitro groups is 1. The maximum absolute atomic E-state index is 11.9. The van der Waals surface area contributed by atoms with Crippen LogP contribution in [-0.4, -0.2) is 16.6 Å². The van der Waals surface area contributed by atoms with Crippen molar-refractivity contribution in [2.45, 2.75) is 11.3 Å². The summed E-state index contributed by atoms with van der Waals surface area (Å²) in [5.41, 5.74) is 0.123. The number of hydrogen-bond donors (Lipinski definition) is 1. The number of thioether (sulfide) groups is 1. The average molecular weight is 381 g/mol. The number of anilines is 1. The normalized spacial score (nSPS) is 10.2. The SMILES string of the molecule is O=C(CCSc1ccccc1Br)Nc1ccccc1[N+](=O)[O-]. The molecule has 0 fully saturated rings. The van der Waals surface area contributed by atoms with Crippen LogP contribution in [0.3, 0.4) is 0 Å². The number of nitro benzene ring substituents is 1. The van der Waals surface area contributed by atoms with Crippen molar-refractivity contribution in [1.82, 2.24) is 0 Å². The Balaban J connectivity index is 1.89. The van der Waals surface area contributed by atoms with Crippen molar-refractivity contribution >= 4 is 45.0 Å². The number of nitrogens with one attached hydrogen (secondary N) is 1. The van der Waals surface area contributed by atoms with E-state index in [2.05, 4.69) is 21.2 Å². The maximum atomic E-state index is 11.9. The van der Waals surface area contributed by atoms with Crippen molar-refractivity contribution in [2.24, 2.45) is 0 Å². The molecule has 1 amide bonds. The van der Waals surface area contributed by atoms with Gasteiger partial charge in [-0.15, -0.1) is 11.8 Å². The van der Waals surface area contributed by atoms with E-state index in [1.165, 1.54) is 12.1 Å². The van der Waals surface area contributed by atoms with E-state index in [-0.39, 0.29) is 23.7 Å². The number of carbonyl (C=O) groups is 1. The van der Waals surface area contributed by atoms with Crippen molar-refractivity contribution < 1.29 is 9.72 Å². The Kier molecular flexibility index (Phi) is 5.97. The van der Waals surface area contributed by atoms with Crippen LogP contribution in [0.2, 0.25) is 0 Å². The summed E-state index contributed by atoms with van der Waals surface area (Å²) in [5, 5.41) is 13.5. The fourth-order valence-corrected chi connectivity index (χ4v) is 3.28. The van der Waals surface area contributed by atoms with Crippen LogP contribution in [0.4, 0.5) is 11.4 Å². The van der Waals surface area contributed by atoms with Crippen molar-refractivity contribution in [3.63, 3.8) is 0 Å². The van der Waals surface area contributed by atoms with Gasteiger partial charge in [-0.1, -0.05) is 24.3 Å². The third-order valence-electron chi connectivity index (χ3n) is 2.80. The number of rotatable bonds is 6. The molecule has 0 bridgehead atoms. The lowest BCUT2D eigenvalue weighted by Crippen LogP contribution is -2.13. The Morgan fingerprint density at radius 1 is 1.18 bits per heavy atom. The molecule has 0 aliphatic rings. The minimum Gasteiger partial charge on any atom is -0.320 e. The molecule has 0 radical (unpaired) electrons. The summed E-state index contributed by atoms with van der Waals surface area (Å²) in [6.07, 6.45) is 0.276. The number of para-hydroxylation sites is 2. The average Bonchev–Trinajstić information content (AvgIpc) is 2.49. The molecular formula is C15H13BrN2O3S. The van der Waals surface area contributed by atoms with Crippen molar-refractivity contribution in [3.8, 4) is 0 Å². The van der Waals surface area contributed by atoms with E-state index < -0.39 is 4.92 Å². The van der Waals surface area contributed by atoms with Crippen molar-refractivity contribution in [2.75, 3.05) is 11.1 Å². The molecule has 0 unspecified atom stereocenters. The lowest BCUT2D eigenvalue weighted by atomic mass is 10.2. The van der Waals surface area contributed by atoms with E-state index in [4.69, 9.17) is 0 Å². The Bertz CT molecular complexity index is 694. The molecule has 2 rings (SSSR count). The lowest BCUT2D eigenvalue weighted by molar-refractivity contribution is -0.383. The van der Waals surface area contributed by atoms with E-state index in [1.807, 2.05) is 24.3 Å². The van der Waals surface area contributed by atoms with Gasteiger partial charge in [0.05, 0.1) is 4.92 Å². The monoisotopic (exact) mass is 380 g/mol. The third kappa shape index (κ3) is 4.57. The molecule has 114 valence electrons. The molecule has 0 atom stereocenters. The standard InChI is InChI=1S/C15H13BrN2O3S/c16-11-5-1-4-8-14(11)22-10-9-15(19)17-12-6-2-3-7-13(12)18(20)21/h1-8H,9-10H2,(H,17,19). The van der Waals surface area contributed by atoms with Crippen LogP contribution >= 0.6 is 27.7 Å². The number of hydrogen-bond acceptors (Lipinski definition) is 4. The predicted molar refractivity (Wildman–Crippen MR) is 91.2 cm³/mol. The number of benzene rings is 2. The van der Waals surface area contributed by atoms with Crippen LogP contribution in [0, 0.1) is 10.1 Å². The van der Waals surface area contributed by atoms with Crippen LogP contribution in [0.1, 0.15) is 6.42 Å². The molecule has 0 heterocycles. The summed E-state index contributed by atoms with van der Waals surface area (Å²) in [5.74, 6) is 0.351. The highest BCUT2D eigenvalue weighted by atomic mass is 79.9. The Morgan fingerprint density at radius 2 is 1.86 bits per heavy atom. The Morgan fingerprint density at radius 3 is 2.59 bits per heavy atom. The Hall–Kier alpha value is -1.86. The minimum absolute atomic E-state index is 0.102. The molecule has 5 nitrogen and oxygen atoms in total. The summed E-state index contributed by atoms with van der Waals surface area (Å²) in [7, 11) is 0. The van der Waals surface area contributed by atoms with Gasteiger partial charge in [0.15, 0.2) is 0 Å². The smallest absolute Gasteiger partial charge is 0.292 e. The van der Waals surface area contributed by atoms with E-state index in [9.17, 15) is 14.9 Å². The van der Waals surface area contributed by atoms with E-state index in [1.54, 1.807) is 23.9 Å². The molecule has 2 aromatic carbocycles. The number of nitrogens with zero attached hydrogens (tertiary/aromatic N) is 1. The first-order valence-corrected chi connectivity index (χ1v) is 8.26. The predicted octanol–water partition coefficient (Wildman–Crippen LogP) is 4.48. The lowest BCUT2D eigenvalue weighted by Gasteiger charge is -2.06. The summed E-state index contributed by atoms with van der Waals surface area (Å²) in [6.45, 7) is 0. The van der Waals surface area contributed by atoms with Gasteiger partial charge in [0.1, 0.15) is 5.69 Å².